The first kappa shape index (κ1) is 15.3. The van der Waals surface area contributed by atoms with Crippen LogP contribution in [0.3, 0.4) is 0 Å². The lowest BCUT2D eigenvalue weighted by atomic mass is 10.2. The van der Waals surface area contributed by atoms with Crippen LogP contribution in [-0.2, 0) is 17.8 Å². The fraction of sp³-hybridized carbons (Fsp3) is 0.154. The maximum atomic E-state index is 10.7. The zero-order valence-electron chi connectivity index (χ0n) is 10.7. The first-order valence-electron chi connectivity index (χ1n) is 5.93. The molecule has 0 radical (unpaired) electrons. The number of rotatable bonds is 6. The predicted molar refractivity (Wildman–Crippen MR) is 81.1 cm³/mol. The Morgan fingerprint density at radius 1 is 1.33 bits per heavy atom. The molecule has 0 unspecified atom stereocenters. The summed E-state index contributed by atoms with van der Waals surface area (Å²) < 4.78 is 0. The maximum absolute atomic E-state index is 10.7. The third kappa shape index (κ3) is 4.17. The summed E-state index contributed by atoms with van der Waals surface area (Å²) in [5.74, 6) is -0.877. The highest BCUT2D eigenvalue weighted by Gasteiger charge is 2.10. The molecular formula is C13H11ClN2O4S. The Bertz CT molecular complexity index is 687. The lowest BCUT2D eigenvalue weighted by Crippen LogP contribution is -1.99. The van der Waals surface area contributed by atoms with Crippen LogP contribution in [0.15, 0.2) is 30.3 Å². The van der Waals surface area contributed by atoms with E-state index < -0.39 is 10.9 Å². The van der Waals surface area contributed by atoms with E-state index in [0.717, 1.165) is 9.75 Å². The number of nitrogens with zero attached hydrogens (tertiary/aromatic N) is 1. The first-order valence-corrected chi connectivity index (χ1v) is 7.12. The molecule has 6 nitrogen and oxygen atoms in total. The van der Waals surface area contributed by atoms with Crippen LogP contribution in [0.1, 0.15) is 9.75 Å². The van der Waals surface area contributed by atoms with E-state index in [1.165, 1.54) is 29.5 Å². The number of nitrogens with one attached hydrogen (secondary N) is 1. The smallest absolute Gasteiger partial charge is 0.308 e. The molecule has 0 amide bonds. The van der Waals surface area contributed by atoms with Gasteiger partial charge in [-0.2, -0.15) is 0 Å². The molecule has 1 heterocycles. The summed E-state index contributed by atoms with van der Waals surface area (Å²) in [6.45, 7) is 0.422. The van der Waals surface area contributed by atoms with E-state index in [-0.39, 0.29) is 12.1 Å². The summed E-state index contributed by atoms with van der Waals surface area (Å²) in [6.07, 6.45) is -0.0117. The second-order valence-corrected chi connectivity index (χ2v) is 5.87. The number of thiophene rings is 1. The van der Waals surface area contributed by atoms with E-state index in [1.807, 2.05) is 6.07 Å². The van der Waals surface area contributed by atoms with Crippen molar-refractivity contribution >= 4 is 40.3 Å². The van der Waals surface area contributed by atoms with Crippen LogP contribution in [-0.4, -0.2) is 16.0 Å². The Hall–Kier alpha value is -2.12. The molecule has 0 aliphatic heterocycles. The average molecular weight is 327 g/mol. The Morgan fingerprint density at radius 3 is 2.71 bits per heavy atom. The van der Waals surface area contributed by atoms with Crippen molar-refractivity contribution in [2.45, 2.75) is 13.0 Å². The van der Waals surface area contributed by atoms with Gasteiger partial charge in [0.15, 0.2) is 0 Å². The predicted octanol–water partition coefficient (Wildman–Crippen LogP) is 3.55. The summed E-state index contributed by atoms with van der Waals surface area (Å²) in [5, 5.41) is 22.8. The number of aliphatic carboxylic acids is 1. The fourth-order valence-corrected chi connectivity index (χ4v) is 2.84. The number of carboxylic acid groups (broad SMARTS) is 1. The van der Waals surface area contributed by atoms with Gasteiger partial charge < -0.3 is 10.4 Å². The zero-order chi connectivity index (χ0) is 15.4. The first-order chi connectivity index (χ1) is 9.95. The van der Waals surface area contributed by atoms with Gasteiger partial charge in [0.1, 0.15) is 0 Å². The second-order valence-electron chi connectivity index (χ2n) is 4.21. The SMILES string of the molecule is O=C(O)Cc1ccc(CNc2cc([N+](=O)[O-])ccc2Cl)s1. The van der Waals surface area contributed by atoms with E-state index in [4.69, 9.17) is 16.7 Å². The van der Waals surface area contributed by atoms with Gasteiger partial charge in [-0.05, 0) is 18.2 Å². The number of nitro groups is 1. The molecule has 0 saturated carbocycles. The summed E-state index contributed by atoms with van der Waals surface area (Å²) in [6, 6.07) is 7.75. The molecule has 0 saturated heterocycles. The van der Waals surface area contributed by atoms with Crippen molar-refractivity contribution in [1.82, 2.24) is 0 Å². The van der Waals surface area contributed by atoms with Gasteiger partial charge in [-0.15, -0.1) is 11.3 Å². The molecule has 1 aromatic carbocycles. The molecule has 2 N–H and O–H groups in total. The van der Waals surface area contributed by atoms with Gasteiger partial charge in [-0.1, -0.05) is 11.6 Å². The normalized spacial score (nSPS) is 10.3. The molecule has 1 aromatic heterocycles. The quantitative estimate of drug-likeness (QED) is 0.625. The van der Waals surface area contributed by atoms with Crippen molar-refractivity contribution in [3.8, 4) is 0 Å². The molecule has 0 bridgehead atoms. The van der Waals surface area contributed by atoms with Gasteiger partial charge >= 0.3 is 5.97 Å². The molecule has 2 rings (SSSR count). The molecular weight excluding hydrogens is 316 g/mol. The van der Waals surface area contributed by atoms with Crippen molar-refractivity contribution in [3.63, 3.8) is 0 Å². The summed E-state index contributed by atoms with van der Waals surface area (Å²) in [4.78, 5) is 22.5. The average Bonchev–Trinajstić information content (AvgIpc) is 2.84. The van der Waals surface area contributed by atoms with Crippen LogP contribution in [0.5, 0.6) is 0 Å². The Morgan fingerprint density at radius 2 is 2.05 bits per heavy atom. The number of non-ortho nitro benzene ring substituents is 1. The third-order valence-corrected chi connectivity index (χ3v) is 4.07. The molecule has 8 heteroatoms. The van der Waals surface area contributed by atoms with E-state index in [2.05, 4.69) is 5.32 Å². The summed E-state index contributed by atoms with van der Waals surface area (Å²) in [7, 11) is 0. The lowest BCUT2D eigenvalue weighted by Gasteiger charge is -2.06. The lowest BCUT2D eigenvalue weighted by molar-refractivity contribution is -0.384. The van der Waals surface area contributed by atoms with Gasteiger partial charge in [-0.25, -0.2) is 0 Å². The minimum Gasteiger partial charge on any atom is -0.481 e. The maximum Gasteiger partial charge on any atom is 0.308 e. The van der Waals surface area contributed by atoms with Crippen molar-refractivity contribution < 1.29 is 14.8 Å². The second kappa shape index (κ2) is 6.55. The fourth-order valence-electron chi connectivity index (χ4n) is 1.71. The van der Waals surface area contributed by atoms with Crippen molar-refractivity contribution in [1.29, 1.82) is 0 Å². The van der Waals surface area contributed by atoms with Crippen LogP contribution >= 0.6 is 22.9 Å². The molecule has 2 aromatic rings. The third-order valence-electron chi connectivity index (χ3n) is 2.66. The number of hydrogen-bond acceptors (Lipinski definition) is 5. The highest BCUT2D eigenvalue weighted by molar-refractivity contribution is 7.12. The molecule has 0 aliphatic carbocycles. The highest BCUT2D eigenvalue weighted by atomic mass is 35.5. The van der Waals surface area contributed by atoms with Crippen molar-refractivity contribution in [3.05, 3.63) is 55.2 Å². The summed E-state index contributed by atoms with van der Waals surface area (Å²) >= 11 is 7.36. The van der Waals surface area contributed by atoms with Crippen LogP contribution in [0.2, 0.25) is 5.02 Å². The van der Waals surface area contributed by atoms with E-state index in [1.54, 1.807) is 6.07 Å². The largest absolute Gasteiger partial charge is 0.481 e. The minimum atomic E-state index is -0.877. The Labute approximate surface area is 129 Å². The van der Waals surface area contributed by atoms with Crippen LogP contribution < -0.4 is 5.32 Å². The monoisotopic (exact) mass is 326 g/mol. The molecule has 0 fully saturated rings. The number of hydrogen-bond donors (Lipinski definition) is 2. The van der Waals surface area contributed by atoms with Gasteiger partial charge in [0, 0.05) is 28.4 Å². The van der Waals surface area contributed by atoms with Crippen molar-refractivity contribution in [2.75, 3.05) is 5.32 Å². The number of benzene rings is 1. The highest BCUT2D eigenvalue weighted by Crippen LogP contribution is 2.28. The van der Waals surface area contributed by atoms with Crippen molar-refractivity contribution in [2.24, 2.45) is 0 Å². The standard InChI is InChI=1S/C13H11ClN2O4S/c14-11-4-1-8(16(19)20)5-12(11)15-7-10-3-2-9(21-10)6-13(17)18/h1-5,15H,6-7H2,(H,17,18). The number of carboxylic acids is 1. The molecule has 0 aliphatic rings. The van der Waals surface area contributed by atoms with Gasteiger partial charge in [0.25, 0.3) is 5.69 Å². The van der Waals surface area contributed by atoms with E-state index in [0.29, 0.717) is 17.3 Å². The Balaban J connectivity index is 2.05. The molecule has 0 atom stereocenters. The molecule has 21 heavy (non-hydrogen) atoms. The number of anilines is 1. The van der Waals surface area contributed by atoms with Gasteiger partial charge in [0.2, 0.25) is 0 Å². The van der Waals surface area contributed by atoms with Crippen LogP contribution in [0, 0.1) is 10.1 Å². The molecule has 110 valence electrons. The van der Waals surface area contributed by atoms with E-state index >= 15 is 0 Å². The van der Waals surface area contributed by atoms with Gasteiger partial charge in [-0.3, -0.25) is 14.9 Å². The number of halogens is 1. The van der Waals surface area contributed by atoms with Gasteiger partial charge in [0.05, 0.1) is 22.1 Å². The van der Waals surface area contributed by atoms with Crippen LogP contribution in [0.4, 0.5) is 11.4 Å². The minimum absolute atomic E-state index is 0.0117. The zero-order valence-corrected chi connectivity index (χ0v) is 12.3. The number of nitro benzene ring substituents is 1. The number of carbonyl (C=O) groups is 1. The van der Waals surface area contributed by atoms with E-state index in [9.17, 15) is 14.9 Å². The molecule has 0 spiro atoms. The topological polar surface area (TPSA) is 92.5 Å². The van der Waals surface area contributed by atoms with Crippen LogP contribution in [0.25, 0.3) is 0 Å². The Kier molecular flexibility index (Phi) is 4.77. The summed E-state index contributed by atoms with van der Waals surface area (Å²) in [5.41, 5.74) is 0.429.